The Bertz CT molecular complexity index is 522. The molecule has 6 heteroatoms. The largest absolute Gasteiger partial charge is 0.379 e. The standard InChI is InChI=1S/C18H35N5O/c1-8-19-18(20-9-10-24-12-13(2)3)21-14(4)11-17-15(5)22-23(7)16(17)6/h13-14H,8-12H2,1-7H3,(H2,19,20,21). The topological polar surface area (TPSA) is 63.5 Å². The van der Waals surface area contributed by atoms with E-state index in [1.165, 1.54) is 11.3 Å². The highest BCUT2D eigenvalue weighted by atomic mass is 16.5. The summed E-state index contributed by atoms with van der Waals surface area (Å²) >= 11 is 0. The second-order valence-electron chi connectivity index (χ2n) is 6.75. The Morgan fingerprint density at radius 1 is 1.29 bits per heavy atom. The highest BCUT2D eigenvalue weighted by Gasteiger charge is 2.13. The van der Waals surface area contributed by atoms with Crippen LogP contribution in [-0.4, -0.2) is 48.1 Å². The second kappa shape index (κ2) is 10.3. The molecule has 0 amide bonds. The van der Waals surface area contributed by atoms with Crippen molar-refractivity contribution in [3.8, 4) is 0 Å². The number of aliphatic imine (C=N–C) groups is 1. The van der Waals surface area contributed by atoms with Crippen LogP contribution >= 0.6 is 0 Å². The van der Waals surface area contributed by atoms with Crippen molar-refractivity contribution in [2.75, 3.05) is 26.3 Å². The molecule has 0 fully saturated rings. The van der Waals surface area contributed by atoms with Gasteiger partial charge in [0.1, 0.15) is 0 Å². The average molecular weight is 338 g/mol. The van der Waals surface area contributed by atoms with Crippen molar-refractivity contribution in [2.45, 2.75) is 54.0 Å². The molecule has 0 aromatic carbocycles. The van der Waals surface area contributed by atoms with Crippen molar-refractivity contribution in [2.24, 2.45) is 18.0 Å². The van der Waals surface area contributed by atoms with Gasteiger partial charge in [0.2, 0.25) is 0 Å². The molecule has 0 aliphatic rings. The first-order valence-corrected chi connectivity index (χ1v) is 8.96. The van der Waals surface area contributed by atoms with Gasteiger partial charge in [-0.2, -0.15) is 5.10 Å². The minimum atomic E-state index is 0.279. The zero-order valence-electron chi connectivity index (χ0n) is 16.4. The van der Waals surface area contributed by atoms with E-state index >= 15 is 0 Å². The lowest BCUT2D eigenvalue weighted by atomic mass is 10.1. The molecule has 0 saturated heterocycles. The number of guanidine groups is 1. The highest BCUT2D eigenvalue weighted by Crippen LogP contribution is 2.14. The fourth-order valence-corrected chi connectivity index (χ4v) is 2.56. The van der Waals surface area contributed by atoms with Crippen LogP contribution in [0.1, 0.15) is 44.6 Å². The van der Waals surface area contributed by atoms with Gasteiger partial charge in [0.25, 0.3) is 0 Å². The van der Waals surface area contributed by atoms with Crippen LogP contribution in [0.4, 0.5) is 0 Å². The van der Waals surface area contributed by atoms with E-state index in [0.717, 1.165) is 31.2 Å². The van der Waals surface area contributed by atoms with Crippen molar-refractivity contribution < 1.29 is 4.74 Å². The van der Waals surface area contributed by atoms with E-state index in [1.54, 1.807) is 0 Å². The molecule has 0 aliphatic heterocycles. The molecule has 0 aliphatic carbocycles. The monoisotopic (exact) mass is 337 g/mol. The molecule has 0 radical (unpaired) electrons. The van der Waals surface area contributed by atoms with Gasteiger partial charge in [-0.3, -0.25) is 9.67 Å². The molecular formula is C18H35N5O. The van der Waals surface area contributed by atoms with Crippen LogP contribution in [-0.2, 0) is 18.2 Å². The summed E-state index contributed by atoms with van der Waals surface area (Å²) in [6, 6.07) is 0.279. The number of hydrogen-bond acceptors (Lipinski definition) is 3. The Morgan fingerprint density at radius 2 is 2.00 bits per heavy atom. The zero-order valence-corrected chi connectivity index (χ0v) is 16.4. The maximum atomic E-state index is 5.58. The van der Waals surface area contributed by atoms with Gasteiger partial charge in [0.05, 0.1) is 18.8 Å². The molecule has 138 valence electrons. The maximum absolute atomic E-state index is 5.58. The summed E-state index contributed by atoms with van der Waals surface area (Å²) < 4.78 is 7.53. The van der Waals surface area contributed by atoms with Crippen molar-refractivity contribution in [1.82, 2.24) is 20.4 Å². The first-order chi connectivity index (χ1) is 11.3. The predicted octanol–water partition coefficient (Wildman–Crippen LogP) is 2.20. The summed E-state index contributed by atoms with van der Waals surface area (Å²) in [6.45, 7) is 15.7. The number of aryl methyl sites for hydroxylation is 2. The van der Waals surface area contributed by atoms with E-state index in [2.05, 4.69) is 62.3 Å². The first-order valence-electron chi connectivity index (χ1n) is 8.96. The molecule has 1 unspecified atom stereocenters. The van der Waals surface area contributed by atoms with Crippen molar-refractivity contribution in [3.05, 3.63) is 17.0 Å². The van der Waals surface area contributed by atoms with Gasteiger partial charge >= 0.3 is 0 Å². The normalized spacial score (nSPS) is 13.4. The van der Waals surface area contributed by atoms with Crippen LogP contribution in [0.25, 0.3) is 0 Å². The van der Waals surface area contributed by atoms with Gasteiger partial charge < -0.3 is 15.4 Å². The molecule has 1 rings (SSSR count). The third-order valence-corrected chi connectivity index (χ3v) is 3.85. The fraction of sp³-hybridized carbons (Fsp3) is 0.778. The Balaban J connectivity index is 2.54. The third-order valence-electron chi connectivity index (χ3n) is 3.85. The molecule has 1 atom stereocenters. The van der Waals surface area contributed by atoms with E-state index in [1.807, 2.05) is 11.7 Å². The summed E-state index contributed by atoms with van der Waals surface area (Å²) in [7, 11) is 1.99. The Morgan fingerprint density at radius 3 is 2.54 bits per heavy atom. The van der Waals surface area contributed by atoms with E-state index in [-0.39, 0.29) is 6.04 Å². The van der Waals surface area contributed by atoms with Gasteiger partial charge in [-0.15, -0.1) is 0 Å². The van der Waals surface area contributed by atoms with Crippen LogP contribution in [0.15, 0.2) is 4.99 Å². The Hall–Kier alpha value is -1.56. The smallest absolute Gasteiger partial charge is 0.191 e. The molecule has 1 aromatic heterocycles. The number of ether oxygens (including phenoxy) is 1. The SMILES string of the molecule is CCNC(=NCCOCC(C)C)NC(C)Cc1c(C)nn(C)c1C. The van der Waals surface area contributed by atoms with Gasteiger partial charge in [-0.05, 0) is 45.6 Å². The second-order valence-corrected chi connectivity index (χ2v) is 6.75. The van der Waals surface area contributed by atoms with Gasteiger partial charge in [0, 0.05) is 31.9 Å². The van der Waals surface area contributed by atoms with E-state index < -0.39 is 0 Å². The molecule has 6 nitrogen and oxygen atoms in total. The van der Waals surface area contributed by atoms with Crippen LogP contribution in [0.2, 0.25) is 0 Å². The minimum Gasteiger partial charge on any atom is -0.379 e. The van der Waals surface area contributed by atoms with Crippen molar-refractivity contribution >= 4 is 5.96 Å². The summed E-state index contributed by atoms with van der Waals surface area (Å²) in [5.74, 6) is 1.41. The van der Waals surface area contributed by atoms with E-state index in [9.17, 15) is 0 Å². The maximum Gasteiger partial charge on any atom is 0.191 e. The molecular weight excluding hydrogens is 302 g/mol. The van der Waals surface area contributed by atoms with Crippen LogP contribution in [0.3, 0.4) is 0 Å². The predicted molar refractivity (Wildman–Crippen MR) is 101 cm³/mol. The number of aromatic nitrogens is 2. The lowest BCUT2D eigenvalue weighted by Crippen LogP contribution is -2.43. The number of nitrogens with zero attached hydrogens (tertiary/aromatic N) is 3. The summed E-state index contributed by atoms with van der Waals surface area (Å²) in [5.41, 5.74) is 3.64. The number of hydrogen-bond donors (Lipinski definition) is 2. The minimum absolute atomic E-state index is 0.279. The van der Waals surface area contributed by atoms with Crippen LogP contribution in [0.5, 0.6) is 0 Å². The van der Waals surface area contributed by atoms with Crippen LogP contribution in [0, 0.1) is 19.8 Å². The van der Waals surface area contributed by atoms with E-state index in [4.69, 9.17) is 4.74 Å². The van der Waals surface area contributed by atoms with Crippen molar-refractivity contribution in [3.63, 3.8) is 0 Å². The highest BCUT2D eigenvalue weighted by molar-refractivity contribution is 5.80. The summed E-state index contributed by atoms with van der Waals surface area (Å²) in [6.07, 6.45) is 0.930. The van der Waals surface area contributed by atoms with Crippen LogP contribution < -0.4 is 10.6 Å². The number of nitrogens with one attached hydrogen (secondary N) is 2. The average Bonchev–Trinajstić information content (AvgIpc) is 2.73. The van der Waals surface area contributed by atoms with Gasteiger partial charge in [0.15, 0.2) is 5.96 Å². The molecule has 1 aromatic rings. The Labute approximate surface area is 147 Å². The van der Waals surface area contributed by atoms with E-state index in [0.29, 0.717) is 19.1 Å². The molecule has 24 heavy (non-hydrogen) atoms. The van der Waals surface area contributed by atoms with Gasteiger partial charge in [-0.1, -0.05) is 13.8 Å². The Kier molecular flexibility index (Phi) is 8.82. The molecule has 0 spiro atoms. The quantitative estimate of drug-likeness (QED) is 0.412. The summed E-state index contributed by atoms with van der Waals surface area (Å²) in [4.78, 5) is 4.59. The fourth-order valence-electron chi connectivity index (χ4n) is 2.56. The summed E-state index contributed by atoms with van der Waals surface area (Å²) in [5, 5.41) is 11.3. The number of rotatable bonds is 9. The van der Waals surface area contributed by atoms with Crippen molar-refractivity contribution in [1.29, 1.82) is 0 Å². The lowest BCUT2D eigenvalue weighted by molar-refractivity contribution is 0.117. The van der Waals surface area contributed by atoms with Gasteiger partial charge in [-0.25, -0.2) is 0 Å². The zero-order chi connectivity index (χ0) is 18.1. The first kappa shape index (κ1) is 20.5. The molecule has 0 bridgehead atoms. The lowest BCUT2D eigenvalue weighted by Gasteiger charge is -2.18. The molecule has 2 N–H and O–H groups in total. The third kappa shape index (κ3) is 6.91. The molecule has 0 saturated carbocycles. The molecule has 1 heterocycles.